The molecule has 1 saturated heterocycles. The number of nitrogens with zero attached hydrogens (tertiary/aromatic N) is 1. The second-order valence-electron chi connectivity index (χ2n) is 6.76. The molecule has 0 aromatic carbocycles. The highest BCUT2D eigenvalue weighted by atomic mass is 32.2. The lowest BCUT2D eigenvalue weighted by molar-refractivity contribution is 0.192. The molecule has 6 heteroatoms. The standard InChI is InChI=1S/C14H30N2O2S2/c1-12(7-6-8-15-14(2,3)4)16-9-10-19-11-13(16)20(5,17)18/h12-13,15H,6-11H2,1-5H3. The van der Waals surface area contributed by atoms with Gasteiger partial charge in [0, 0.05) is 35.9 Å². The van der Waals surface area contributed by atoms with E-state index in [0.717, 1.165) is 31.7 Å². The molecule has 1 N–H and O–H groups in total. The fourth-order valence-corrected chi connectivity index (χ4v) is 5.48. The van der Waals surface area contributed by atoms with Gasteiger partial charge in [-0.2, -0.15) is 11.8 Å². The van der Waals surface area contributed by atoms with Crippen molar-refractivity contribution in [3.8, 4) is 0 Å². The highest BCUT2D eigenvalue weighted by Crippen LogP contribution is 2.24. The molecule has 1 heterocycles. The predicted molar refractivity (Wildman–Crippen MR) is 89.1 cm³/mol. The zero-order valence-corrected chi connectivity index (χ0v) is 15.1. The average Bonchev–Trinajstić information content (AvgIpc) is 2.32. The Morgan fingerprint density at radius 2 is 2.05 bits per heavy atom. The molecule has 1 fully saturated rings. The Bertz CT molecular complexity index is 390. The maximum absolute atomic E-state index is 11.9. The summed E-state index contributed by atoms with van der Waals surface area (Å²) in [5, 5.41) is 3.18. The number of rotatable bonds is 6. The van der Waals surface area contributed by atoms with Crippen LogP contribution >= 0.6 is 11.8 Å². The number of sulfone groups is 1. The van der Waals surface area contributed by atoms with Crippen molar-refractivity contribution in [3.63, 3.8) is 0 Å². The number of hydrogen-bond acceptors (Lipinski definition) is 5. The van der Waals surface area contributed by atoms with Crippen LogP contribution in [0.2, 0.25) is 0 Å². The molecule has 2 atom stereocenters. The number of thioether (sulfide) groups is 1. The molecule has 0 saturated carbocycles. The number of hydrogen-bond donors (Lipinski definition) is 1. The van der Waals surface area contributed by atoms with Crippen molar-refractivity contribution < 1.29 is 8.42 Å². The molecular weight excluding hydrogens is 292 g/mol. The highest BCUT2D eigenvalue weighted by molar-refractivity contribution is 8.00. The molecule has 1 rings (SSSR count). The lowest BCUT2D eigenvalue weighted by Crippen LogP contribution is -2.51. The fourth-order valence-electron chi connectivity index (χ4n) is 2.49. The molecular formula is C14H30N2O2S2. The molecule has 0 amide bonds. The van der Waals surface area contributed by atoms with Crippen LogP contribution < -0.4 is 5.32 Å². The summed E-state index contributed by atoms with van der Waals surface area (Å²) < 4.78 is 23.8. The minimum Gasteiger partial charge on any atom is -0.312 e. The predicted octanol–water partition coefficient (Wildman–Crippen LogP) is 1.96. The van der Waals surface area contributed by atoms with Gasteiger partial charge in [-0.15, -0.1) is 0 Å². The zero-order chi connectivity index (χ0) is 15.4. The average molecular weight is 323 g/mol. The topological polar surface area (TPSA) is 49.4 Å². The van der Waals surface area contributed by atoms with Crippen molar-refractivity contribution in [2.24, 2.45) is 0 Å². The monoisotopic (exact) mass is 322 g/mol. The highest BCUT2D eigenvalue weighted by Gasteiger charge is 2.33. The summed E-state index contributed by atoms with van der Waals surface area (Å²) in [6.45, 7) is 10.5. The smallest absolute Gasteiger partial charge is 0.164 e. The molecule has 120 valence electrons. The van der Waals surface area contributed by atoms with Crippen molar-refractivity contribution in [1.82, 2.24) is 10.2 Å². The van der Waals surface area contributed by atoms with E-state index < -0.39 is 9.84 Å². The summed E-state index contributed by atoms with van der Waals surface area (Å²) in [6, 6.07) is 0.331. The lowest BCUT2D eigenvalue weighted by Gasteiger charge is -2.38. The summed E-state index contributed by atoms with van der Waals surface area (Å²) in [5.74, 6) is 1.75. The van der Waals surface area contributed by atoms with Crippen LogP contribution in [-0.2, 0) is 9.84 Å². The van der Waals surface area contributed by atoms with Gasteiger partial charge in [0.05, 0.1) is 0 Å². The second-order valence-corrected chi connectivity index (χ2v) is 10.1. The lowest BCUT2D eigenvalue weighted by atomic mass is 10.1. The van der Waals surface area contributed by atoms with Crippen LogP contribution in [0.1, 0.15) is 40.5 Å². The Morgan fingerprint density at radius 1 is 1.40 bits per heavy atom. The van der Waals surface area contributed by atoms with E-state index in [1.807, 2.05) is 0 Å². The Hall–Kier alpha value is 0.220. The molecule has 4 nitrogen and oxygen atoms in total. The normalized spacial score (nSPS) is 23.8. The first-order chi connectivity index (χ1) is 9.11. The largest absolute Gasteiger partial charge is 0.312 e. The second kappa shape index (κ2) is 7.47. The molecule has 0 aromatic heterocycles. The van der Waals surface area contributed by atoms with Gasteiger partial charge >= 0.3 is 0 Å². The first-order valence-corrected chi connectivity index (χ1v) is 10.5. The summed E-state index contributed by atoms with van der Waals surface area (Å²) in [4.78, 5) is 2.18. The van der Waals surface area contributed by atoms with E-state index >= 15 is 0 Å². The van der Waals surface area contributed by atoms with Crippen molar-refractivity contribution in [2.75, 3.05) is 30.9 Å². The third kappa shape index (κ3) is 6.33. The summed E-state index contributed by atoms with van der Waals surface area (Å²) in [5.41, 5.74) is 0.153. The molecule has 0 aliphatic carbocycles. The summed E-state index contributed by atoms with van der Waals surface area (Å²) in [6.07, 6.45) is 3.49. The Kier molecular flexibility index (Phi) is 6.83. The molecule has 1 aliphatic heterocycles. The van der Waals surface area contributed by atoms with Crippen LogP contribution in [0.3, 0.4) is 0 Å². The van der Waals surface area contributed by atoms with E-state index in [9.17, 15) is 8.42 Å². The van der Waals surface area contributed by atoms with Crippen LogP contribution in [0, 0.1) is 0 Å². The Labute approximate surface area is 129 Å². The van der Waals surface area contributed by atoms with Gasteiger partial charge in [0.2, 0.25) is 0 Å². The van der Waals surface area contributed by atoms with Crippen molar-refractivity contribution in [2.45, 2.75) is 57.5 Å². The van der Waals surface area contributed by atoms with Crippen molar-refractivity contribution in [1.29, 1.82) is 0 Å². The van der Waals surface area contributed by atoms with Gasteiger partial charge in [-0.25, -0.2) is 8.42 Å². The van der Waals surface area contributed by atoms with Gasteiger partial charge in [-0.1, -0.05) is 0 Å². The fraction of sp³-hybridized carbons (Fsp3) is 1.00. The van der Waals surface area contributed by atoms with Crippen molar-refractivity contribution in [3.05, 3.63) is 0 Å². The van der Waals surface area contributed by atoms with E-state index in [1.54, 1.807) is 11.8 Å². The minimum absolute atomic E-state index is 0.153. The summed E-state index contributed by atoms with van der Waals surface area (Å²) in [7, 11) is -2.98. The molecule has 0 spiro atoms. The zero-order valence-electron chi connectivity index (χ0n) is 13.5. The first kappa shape index (κ1) is 18.3. The molecule has 0 bridgehead atoms. The summed E-state index contributed by atoms with van der Waals surface area (Å²) >= 11 is 1.75. The maximum atomic E-state index is 11.9. The third-order valence-corrected chi connectivity index (χ3v) is 6.30. The molecule has 1 aliphatic rings. The van der Waals surface area contributed by atoms with Gasteiger partial charge in [0.1, 0.15) is 5.37 Å². The van der Waals surface area contributed by atoms with Crippen LogP contribution in [0.25, 0.3) is 0 Å². The third-order valence-electron chi connectivity index (χ3n) is 3.64. The number of nitrogens with one attached hydrogen (secondary N) is 1. The SMILES string of the molecule is CC(CCCNC(C)(C)C)N1CCSCC1S(C)(=O)=O. The molecule has 2 unspecified atom stereocenters. The first-order valence-electron chi connectivity index (χ1n) is 7.38. The Morgan fingerprint density at radius 3 is 2.60 bits per heavy atom. The van der Waals surface area contributed by atoms with Crippen LogP contribution in [0.4, 0.5) is 0 Å². The van der Waals surface area contributed by atoms with E-state index in [2.05, 4.69) is 37.9 Å². The van der Waals surface area contributed by atoms with Gasteiger partial charge in [0.15, 0.2) is 9.84 Å². The minimum atomic E-state index is -2.98. The van der Waals surface area contributed by atoms with Crippen molar-refractivity contribution >= 4 is 21.6 Å². The van der Waals surface area contributed by atoms with Gasteiger partial charge < -0.3 is 5.32 Å². The quantitative estimate of drug-likeness (QED) is 0.758. The van der Waals surface area contributed by atoms with E-state index in [0.29, 0.717) is 11.8 Å². The van der Waals surface area contributed by atoms with Crippen LogP contribution in [-0.4, -0.2) is 61.1 Å². The van der Waals surface area contributed by atoms with Crippen LogP contribution in [0.15, 0.2) is 0 Å². The van der Waals surface area contributed by atoms with Crippen LogP contribution in [0.5, 0.6) is 0 Å². The molecule has 0 radical (unpaired) electrons. The molecule has 20 heavy (non-hydrogen) atoms. The Balaban J connectivity index is 2.46. The van der Waals surface area contributed by atoms with E-state index in [-0.39, 0.29) is 10.9 Å². The van der Waals surface area contributed by atoms with Gasteiger partial charge in [0.25, 0.3) is 0 Å². The van der Waals surface area contributed by atoms with E-state index in [4.69, 9.17) is 0 Å². The van der Waals surface area contributed by atoms with Gasteiger partial charge in [-0.3, -0.25) is 4.90 Å². The maximum Gasteiger partial charge on any atom is 0.164 e. The van der Waals surface area contributed by atoms with E-state index in [1.165, 1.54) is 6.26 Å². The molecule has 0 aromatic rings. The van der Waals surface area contributed by atoms with Gasteiger partial charge in [-0.05, 0) is 47.1 Å².